The largest absolute Gasteiger partial charge is 0.506 e. The fourth-order valence-corrected chi connectivity index (χ4v) is 6.12. The Kier molecular flexibility index (Phi) is 10.1. The molecular formula is C36H36ClN7O4S. The quantitative estimate of drug-likeness (QED) is 0.103. The Morgan fingerprint density at radius 1 is 1.02 bits per heavy atom. The van der Waals surface area contributed by atoms with Gasteiger partial charge in [-0.1, -0.05) is 74.5 Å². The predicted octanol–water partition coefficient (Wildman–Crippen LogP) is 7.47. The molecule has 0 bridgehead atoms. The molecule has 0 saturated heterocycles. The van der Waals surface area contributed by atoms with E-state index in [1.807, 2.05) is 77.3 Å². The number of hydrogen-bond donors (Lipinski definition) is 4. The van der Waals surface area contributed by atoms with Crippen LogP contribution in [0.4, 0.5) is 10.6 Å². The molecule has 49 heavy (non-hydrogen) atoms. The summed E-state index contributed by atoms with van der Waals surface area (Å²) in [6.07, 6.45) is 2.83. The summed E-state index contributed by atoms with van der Waals surface area (Å²) in [7, 11) is 0. The lowest BCUT2D eigenvalue weighted by Gasteiger charge is -2.19. The highest BCUT2D eigenvalue weighted by Gasteiger charge is 2.25. The Bertz CT molecular complexity index is 2110. The third-order valence-corrected chi connectivity index (χ3v) is 9.58. The monoisotopic (exact) mass is 697 g/mol. The van der Waals surface area contributed by atoms with Crippen molar-refractivity contribution in [3.63, 3.8) is 0 Å². The van der Waals surface area contributed by atoms with Crippen LogP contribution in [0.5, 0.6) is 11.5 Å². The van der Waals surface area contributed by atoms with Crippen LogP contribution in [0.25, 0.3) is 22.7 Å². The molecule has 0 saturated carbocycles. The fraction of sp³-hybridized carbons (Fsp3) is 0.222. The highest BCUT2D eigenvalue weighted by atomic mass is 35.5. The van der Waals surface area contributed by atoms with Crippen molar-refractivity contribution in [1.82, 2.24) is 29.7 Å². The van der Waals surface area contributed by atoms with Gasteiger partial charge in [-0.3, -0.25) is 9.72 Å². The van der Waals surface area contributed by atoms with Crippen LogP contribution >= 0.6 is 23.4 Å². The number of benzene rings is 3. The third-order valence-electron chi connectivity index (χ3n) is 8.17. The van der Waals surface area contributed by atoms with Crippen LogP contribution in [-0.2, 0) is 12.0 Å². The molecule has 0 unspecified atom stereocenters. The van der Waals surface area contributed by atoms with Gasteiger partial charge in [0, 0.05) is 45.6 Å². The summed E-state index contributed by atoms with van der Waals surface area (Å²) in [5.74, 6) is 1.69. The zero-order chi connectivity index (χ0) is 34.5. The second-order valence-corrected chi connectivity index (χ2v) is 13.5. The first-order chi connectivity index (χ1) is 23.6. The van der Waals surface area contributed by atoms with E-state index in [1.54, 1.807) is 28.6 Å². The van der Waals surface area contributed by atoms with Gasteiger partial charge >= 0.3 is 6.03 Å². The lowest BCUT2D eigenvalue weighted by atomic mass is 9.87. The van der Waals surface area contributed by atoms with Gasteiger partial charge < -0.3 is 20.3 Å². The highest BCUT2D eigenvalue weighted by molar-refractivity contribution is 7.99. The number of pyridine rings is 1. The van der Waals surface area contributed by atoms with Gasteiger partial charge in [0.1, 0.15) is 23.9 Å². The molecule has 0 spiro atoms. The number of aromatic hydroxyl groups is 1. The Morgan fingerprint density at radius 3 is 2.65 bits per heavy atom. The van der Waals surface area contributed by atoms with E-state index in [1.165, 1.54) is 6.07 Å². The number of ether oxygens (including phenoxy) is 1. The van der Waals surface area contributed by atoms with E-state index in [4.69, 9.17) is 26.5 Å². The minimum Gasteiger partial charge on any atom is -0.506 e. The average molecular weight is 698 g/mol. The molecule has 0 aliphatic carbocycles. The third kappa shape index (κ3) is 7.67. The molecule has 4 N–H and O–H groups in total. The number of halogens is 1. The Labute approximate surface area is 292 Å². The van der Waals surface area contributed by atoms with Gasteiger partial charge in [0.05, 0.1) is 23.0 Å². The van der Waals surface area contributed by atoms with Gasteiger partial charge in [-0.25, -0.2) is 9.48 Å². The molecule has 0 fully saturated rings. The zero-order valence-electron chi connectivity index (χ0n) is 27.2. The second-order valence-electron chi connectivity index (χ2n) is 11.9. The number of phenolic OH excluding ortho intramolecular Hbond substituents is 1. The summed E-state index contributed by atoms with van der Waals surface area (Å²) in [6, 6.07) is 25.6. The Hall–Kier alpha value is -5.04. The van der Waals surface area contributed by atoms with Crippen LogP contribution in [-0.4, -0.2) is 53.8 Å². The van der Waals surface area contributed by atoms with E-state index in [0.717, 1.165) is 33.0 Å². The maximum absolute atomic E-state index is 13.3. The van der Waals surface area contributed by atoms with Crippen LogP contribution in [0, 0.1) is 0 Å². The van der Waals surface area contributed by atoms with Crippen molar-refractivity contribution in [3.8, 4) is 28.6 Å². The number of nitrogens with zero attached hydrogens (tertiary/aromatic N) is 5. The van der Waals surface area contributed by atoms with Crippen molar-refractivity contribution < 1.29 is 19.7 Å². The second kappa shape index (κ2) is 14.6. The molecule has 0 aliphatic heterocycles. The van der Waals surface area contributed by atoms with Crippen molar-refractivity contribution in [2.75, 3.05) is 18.5 Å². The number of urea groups is 1. The highest BCUT2D eigenvalue weighted by Crippen LogP contribution is 2.34. The molecule has 3 aromatic carbocycles. The van der Waals surface area contributed by atoms with E-state index in [-0.39, 0.29) is 35.9 Å². The van der Waals surface area contributed by atoms with Crippen LogP contribution in [0.1, 0.15) is 38.4 Å². The molecule has 0 atom stereocenters. The molecule has 13 heteroatoms. The van der Waals surface area contributed by atoms with Crippen molar-refractivity contribution in [3.05, 3.63) is 107 Å². The van der Waals surface area contributed by atoms with Gasteiger partial charge in [0.15, 0.2) is 11.5 Å². The number of rotatable bonds is 12. The van der Waals surface area contributed by atoms with Gasteiger partial charge in [0.25, 0.3) is 0 Å². The summed E-state index contributed by atoms with van der Waals surface area (Å²) in [4.78, 5) is 15.2. The maximum Gasteiger partial charge on any atom is 0.320 e. The summed E-state index contributed by atoms with van der Waals surface area (Å²) >= 11 is 7.62. The molecule has 0 radical (unpaired) electrons. The van der Waals surface area contributed by atoms with Crippen LogP contribution in [0.3, 0.4) is 0 Å². The first-order valence-corrected chi connectivity index (χ1v) is 16.9. The molecule has 11 nitrogen and oxygen atoms in total. The number of carbonyl (C=O) groups excluding carboxylic acids is 1. The predicted molar refractivity (Wildman–Crippen MR) is 191 cm³/mol. The van der Waals surface area contributed by atoms with E-state index in [2.05, 4.69) is 41.6 Å². The molecule has 3 aromatic heterocycles. The lowest BCUT2D eigenvalue weighted by Crippen LogP contribution is -2.29. The number of aliphatic hydroxyl groups is 1. The van der Waals surface area contributed by atoms with E-state index < -0.39 is 6.03 Å². The number of amides is 2. The number of nitrogens with one attached hydrogen (secondary N) is 2. The number of aliphatic hydroxyl groups excluding tert-OH is 1. The van der Waals surface area contributed by atoms with Gasteiger partial charge in [-0.15, -0.1) is 10.2 Å². The number of hydrogen-bond acceptors (Lipinski definition) is 8. The van der Waals surface area contributed by atoms with Gasteiger partial charge in [-0.05, 0) is 54.4 Å². The van der Waals surface area contributed by atoms with Gasteiger partial charge in [0.2, 0.25) is 0 Å². The molecular weight excluding hydrogens is 662 g/mol. The molecule has 252 valence electrons. The standard InChI is InChI=1S/C36H36ClN7O4S/c1-4-36(2,3)31-20-33(44(42-31)25-12-14-28(37)29(46)19-25)39-35(47)38-21-24-8-5-6-11-30(24)49-27-13-15-32-40-41-34(43(32)22-27)23-9-7-10-26(18-23)48-17-16-45/h5-15,18-20,22,45-46H,4,16-17,21H2,1-3H3,(H2,38,39,47). The fourth-order valence-electron chi connectivity index (χ4n) is 5.04. The Morgan fingerprint density at radius 2 is 1.86 bits per heavy atom. The van der Waals surface area contributed by atoms with Crippen molar-refractivity contribution >= 4 is 40.9 Å². The first-order valence-electron chi connectivity index (χ1n) is 15.7. The SMILES string of the molecule is CCC(C)(C)c1cc(NC(=O)NCc2ccccc2Sc2ccc3nnc(-c4cccc(OCCO)c4)n3c2)n(-c2ccc(Cl)c(O)c2)n1. The van der Waals surface area contributed by atoms with Gasteiger partial charge in [-0.2, -0.15) is 5.10 Å². The number of fused-ring (bicyclic) bond motifs is 1. The Balaban J connectivity index is 1.19. The van der Waals surface area contributed by atoms with Crippen LogP contribution in [0.2, 0.25) is 5.02 Å². The van der Waals surface area contributed by atoms with Crippen molar-refractivity contribution in [2.24, 2.45) is 0 Å². The van der Waals surface area contributed by atoms with E-state index in [0.29, 0.717) is 28.7 Å². The van der Waals surface area contributed by atoms with Crippen LogP contribution in [0.15, 0.2) is 101 Å². The average Bonchev–Trinajstić information content (AvgIpc) is 3.73. The van der Waals surface area contributed by atoms with E-state index >= 15 is 0 Å². The smallest absolute Gasteiger partial charge is 0.320 e. The molecule has 0 aliphatic rings. The normalized spacial score (nSPS) is 11.5. The topological polar surface area (TPSA) is 139 Å². The lowest BCUT2D eigenvalue weighted by molar-refractivity contribution is 0.201. The zero-order valence-corrected chi connectivity index (χ0v) is 28.8. The van der Waals surface area contributed by atoms with Crippen LogP contribution < -0.4 is 15.4 Å². The summed E-state index contributed by atoms with van der Waals surface area (Å²) in [5, 5.41) is 39.0. The molecule has 2 amide bonds. The number of phenols is 1. The van der Waals surface area contributed by atoms with Crippen molar-refractivity contribution in [1.29, 1.82) is 0 Å². The minimum atomic E-state index is -0.402. The first kappa shape index (κ1) is 33.8. The molecule has 6 rings (SSSR count). The number of anilines is 1. The summed E-state index contributed by atoms with van der Waals surface area (Å²) in [5.41, 5.74) is 3.60. The molecule has 6 aromatic rings. The summed E-state index contributed by atoms with van der Waals surface area (Å²) < 4.78 is 9.11. The van der Waals surface area contributed by atoms with E-state index in [9.17, 15) is 9.90 Å². The minimum absolute atomic E-state index is 0.0686. The number of aromatic nitrogens is 5. The molecule has 3 heterocycles. The van der Waals surface area contributed by atoms with Crippen molar-refractivity contribution in [2.45, 2.75) is 48.9 Å². The summed E-state index contributed by atoms with van der Waals surface area (Å²) in [6.45, 7) is 6.68. The number of carbonyl (C=O) groups is 1. The maximum atomic E-state index is 13.3.